The highest BCUT2D eigenvalue weighted by molar-refractivity contribution is 5.57. The molecule has 0 radical (unpaired) electrons. The van der Waals surface area contributed by atoms with Crippen LogP contribution in [0, 0.1) is 20.8 Å². The number of rotatable bonds is 2. The third-order valence-corrected chi connectivity index (χ3v) is 6.45. The molecule has 0 fully saturated rings. The Morgan fingerprint density at radius 2 is 0.962 bits per heavy atom. The van der Waals surface area contributed by atoms with Gasteiger partial charge in [-0.15, -0.1) is 0 Å². The van der Waals surface area contributed by atoms with Crippen molar-refractivity contribution in [2.24, 2.45) is 0 Å². The van der Waals surface area contributed by atoms with E-state index in [9.17, 15) is 0 Å². The molecule has 0 aromatic heterocycles. The Kier molecular flexibility index (Phi) is 3.84. The van der Waals surface area contributed by atoms with Crippen LogP contribution in [-0.4, -0.2) is 0 Å². The average molecular weight is 341 g/mol. The highest BCUT2D eigenvalue weighted by Crippen LogP contribution is 2.55. The molecule has 4 rings (SSSR count). The summed E-state index contributed by atoms with van der Waals surface area (Å²) in [5, 5.41) is 0. The molecule has 0 heteroatoms. The third kappa shape index (κ3) is 2.51. The molecule has 0 nitrogen and oxygen atoms in total. The molecule has 26 heavy (non-hydrogen) atoms. The number of aryl methyl sites for hydroxylation is 3. The van der Waals surface area contributed by atoms with Gasteiger partial charge in [-0.1, -0.05) is 97.3 Å². The average Bonchev–Trinajstić information content (AvgIpc) is 2.85. The predicted octanol–water partition coefficient (Wildman–Crippen LogP) is 6.63. The smallest absolute Gasteiger partial charge is 0.0189 e. The van der Waals surface area contributed by atoms with E-state index in [4.69, 9.17) is 0 Å². The van der Waals surface area contributed by atoms with Crippen molar-refractivity contribution in [3.63, 3.8) is 0 Å². The van der Waals surface area contributed by atoms with Gasteiger partial charge in [-0.2, -0.15) is 0 Å². The van der Waals surface area contributed by atoms with Crippen molar-refractivity contribution in [2.75, 3.05) is 0 Å². The Morgan fingerprint density at radius 3 is 1.46 bits per heavy atom. The second kappa shape index (κ2) is 5.84. The molecule has 0 N–H and O–H groups in total. The van der Waals surface area contributed by atoms with Gasteiger partial charge in [0.15, 0.2) is 0 Å². The van der Waals surface area contributed by atoms with Crippen LogP contribution in [0.15, 0.2) is 66.7 Å². The molecule has 1 aliphatic rings. The second-order valence-corrected chi connectivity index (χ2v) is 8.62. The van der Waals surface area contributed by atoms with E-state index >= 15 is 0 Å². The first kappa shape index (κ1) is 17.1. The molecule has 0 amide bonds. The lowest BCUT2D eigenvalue weighted by Crippen LogP contribution is -2.26. The number of hydrogen-bond acceptors (Lipinski definition) is 0. The minimum atomic E-state index is 0.0364. The quantitative estimate of drug-likeness (QED) is 0.491. The molecule has 0 aliphatic heterocycles. The van der Waals surface area contributed by atoms with Gasteiger partial charge in [0.1, 0.15) is 0 Å². The first-order chi connectivity index (χ1) is 12.3. The summed E-state index contributed by atoms with van der Waals surface area (Å²) in [7, 11) is 0. The fraction of sp³-hybridized carbons (Fsp3) is 0.308. The van der Waals surface area contributed by atoms with Crippen LogP contribution in [0.3, 0.4) is 0 Å². The van der Waals surface area contributed by atoms with Crippen molar-refractivity contribution in [3.8, 4) is 0 Å². The summed E-state index contributed by atoms with van der Waals surface area (Å²) in [6.45, 7) is 11.4. The summed E-state index contributed by atoms with van der Waals surface area (Å²) in [5.41, 5.74) is 9.87. The fourth-order valence-corrected chi connectivity index (χ4v) is 4.85. The minimum Gasteiger partial charge on any atom is -0.0590 e. The Morgan fingerprint density at radius 1 is 0.538 bits per heavy atom. The third-order valence-electron chi connectivity index (χ3n) is 6.45. The van der Waals surface area contributed by atoms with E-state index in [0.717, 1.165) is 6.42 Å². The summed E-state index contributed by atoms with van der Waals surface area (Å²) < 4.78 is 0. The zero-order chi connectivity index (χ0) is 18.5. The molecule has 3 aromatic carbocycles. The molecule has 2 unspecified atom stereocenters. The maximum atomic E-state index is 2.43. The van der Waals surface area contributed by atoms with Crippen molar-refractivity contribution in [2.45, 2.75) is 51.9 Å². The molecule has 2 atom stereocenters. The first-order valence-corrected chi connectivity index (χ1v) is 9.59. The lowest BCUT2D eigenvalue weighted by atomic mass is 9.72. The molecule has 0 heterocycles. The van der Waals surface area contributed by atoms with Gasteiger partial charge in [0, 0.05) is 10.8 Å². The summed E-state index contributed by atoms with van der Waals surface area (Å²) >= 11 is 0. The monoisotopic (exact) mass is 340 g/mol. The van der Waals surface area contributed by atoms with E-state index in [-0.39, 0.29) is 10.8 Å². The Hall–Kier alpha value is -2.34. The van der Waals surface area contributed by atoms with Crippen LogP contribution in [0.1, 0.15) is 59.2 Å². The summed E-state index contributed by atoms with van der Waals surface area (Å²) in [6, 6.07) is 25.3. The minimum absolute atomic E-state index is 0.0364. The van der Waals surface area contributed by atoms with Crippen molar-refractivity contribution in [3.05, 3.63) is 106 Å². The van der Waals surface area contributed by atoms with Gasteiger partial charge in [0.05, 0.1) is 0 Å². The summed E-state index contributed by atoms with van der Waals surface area (Å²) in [4.78, 5) is 0. The molecule has 0 spiro atoms. The van der Waals surface area contributed by atoms with E-state index in [0.29, 0.717) is 0 Å². The van der Waals surface area contributed by atoms with E-state index < -0.39 is 0 Å². The topological polar surface area (TPSA) is 0 Å². The molecule has 1 aliphatic carbocycles. The number of fused-ring (bicyclic) bond motifs is 1. The molecular formula is C26H28. The van der Waals surface area contributed by atoms with Crippen molar-refractivity contribution >= 4 is 0 Å². The van der Waals surface area contributed by atoms with Gasteiger partial charge in [-0.05, 0) is 49.4 Å². The van der Waals surface area contributed by atoms with Gasteiger partial charge in [0.25, 0.3) is 0 Å². The normalized spacial score (nSPS) is 24.5. The number of hydrogen-bond donors (Lipinski definition) is 0. The van der Waals surface area contributed by atoms with E-state index in [2.05, 4.69) is 101 Å². The number of benzene rings is 3. The van der Waals surface area contributed by atoms with Crippen molar-refractivity contribution in [1.82, 2.24) is 0 Å². The Labute approximate surface area is 157 Å². The Bertz CT molecular complexity index is 946. The standard InChI is InChI=1S/C26H28/c1-18-6-11-21(12-7-18)25(4)17-26(5,22-13-8-19(2)9-14-22)24-16-20(3)10-15-23(24)25/h6-16H,17H2,1-5H3. The lowest BCUT2D eigenvalue weighted by Gasteiger charge is -2.31. The predicted molar refractivity (Wildman–Crippen MR) is 111 cm³/mol. The van der Waals surface area contributed by atoms with Crippen molar-refractivity contribution in [1.29, 1.82) is 0 Å². The highest BCUT2D eigenvalue weighted by Gasteiger charge is 2.48. The van der Waals surface area contributed by atoms with Gasteiger partial charge < -0.3 is 0 Å². The van der Waals surface area contributed by atoms with Crippen LogP contribution in [0.2, 0.25) is 0 Å². The molecule has 3 aromatic rings. The van der Waals surface area contributed by atoms with Crippen molar-refractivity contribution < 1.29 is 0 Å². The molecule has 0 saturated carbocycles. The van der Waals surface area contributed by atoms with Crippen LogP contribution in [0.5, 0.6) is 0 Å². The van der Waals surface area contributed by atoms with E-state index in [1.165, 1.54) is 38.9 Å². The van der Waals surface area contributed by atoms with Crippen LogP contribution >= 0.6 is 0 Å². The van der Waals surface area contributed by atoms with E-state index in [1.807, 2.05) is 0 Å². The van der Waals surface area contributed by atoms with Gasteiger partial charge in [-0.25, -0.2) is 0 Å². The maximum Gasteiger partial charge on any atom is 0.0189 e. The largest absolute Gasteiger partial charge is 0.0590 e. The summed E-state index contributed by atoms with van der Waals surface area (Å²) in [6.07, 6.45) is 1.10. The van der Waals surface area contributed by atoms with Crippen LogP contribution in [0.25, 0.3) is 0 Å². The SMILES string of the molecule is Cc1ccc(C2(C)CC(C)(c3ccc(C)cc3)c3cc(C)ccc32)cc1. The summed E-state index contributed by atoms with van der Waals surface area (Å²) in [5.74, 6) is 0. The van der Waals surface area contributed by atoms with Crippen LogP contribution in [-0.2, 0) is 10.8 Å². The maximum absolute atomic E-state index is 2.43. The molecule has 0 bridgehead atoms. The zero-order valence-electron chi connectivity index (χ0n) is 16.6. The first-order valence-electron chi connectivity index (χ1n) is 9.59. The van der Waals surface area contributed by atoms with Gasteiger partial charge >= 0.3 is 0 Å². The molecule has 0 saturated heterocycles. The molecule has 132 valence electrons. The van der Waals surface area contributed by atoms with Gasteiger partial charge in [-0.3, -0.25) is 0 Å². The van der Waals surface area contributed by atoms with Gasteiger partial charge in [0.2, 0.25) is 0 Å². The second-order valence-electron chi connectivity index (χ2n) is 8.62. The van der Waals surface area contributed by atoms with E-state index in [1.54, 1.807) is 0 Å². The zero-order valence-corrected chi connectivity index (χ0v) is 16.6. The van der Waals surface area contributed by atoms with Crippen LogP contribution < -0.4 is 0 Å². The fourth-order valence-electron chi connectivity index (χ4n) is 4.85. The lowest BCUT2D eigenvalue weighted by molar-refractivity contribution is 0.450. The Balaban J connectivity index is 1.93. The highest BCUT2D eigenvalue weighted by atomic mass is 14.5. The molecular weight excluding hydrogens is 312 g/mol. The van der Waals surface area contributed by atoms with Crippen LogP contribution in [0.4, 0.5) is 0 Å².